The Hall–Kier alpha value is -2.31. The van der Waals surface area contributed by atoms with Gasteiger partial charge in [0.25, 0.3) is 0 Å². The van der Waals surface area contributed by atoms with E-state index in [4.69, 9.17) is 21.6 Å². The molecule has 0 bridgehead atoms. The van der Waals surface area contributed by atoms with Crippen molar-refractivity contribution < 1.29 is 9.53 Å². The second kappa shape index (κ2) is 5.77. The van der Waals surface area contributed by atoms with Gasteiger partial charge < -0.3 is 4.74 Å². The molecule has 3 nitrogen and oxygen atoms in total. The highest BCUT2D eigenvalue weighted by molar-refractivity contribution is 6.32. The summed E-state index contributed by atoms with van der Waals surface area (Å²) in [5.41, 5.74) is 1.83. The van der Waals surface area contributed by atoms with Gasteiger partial charge in [-0.2, -0.15) is 5.26 Å². The van der Waals surface area contributed by atoms with Crippen LogP contribution in [0.5, 0.6) is 11.5 Å². The lowest BCUT2D eigenvalue weighted by atomic mass is 10.1. The van der Waals surface area contributed by atoms with Crippen molar-refractivity contribution in [3.8, 4) is 17.6 Å². The molecule has 2 aromatic rings. The average molecular weight is 286 g/mol. The van der Waals surface area contributed by atoms with E-state index < -0.39 is 0 Å². The van der Waals surface area contributed by atoms with E-state index in [0.717, 1.165) is 5.56 Å². The first-order chi connectivity index (χ1) is 9.51. The fraction of sp³-hybridized carbons (Fsp3) is 0.125. The number of aryl methyl sites for hydroxylation is 1. The minimum atomic E-state index is -0.131. The number of ether oxygens (including phenoxy) is 1. The smallest absolute Gasteiger partial charge is 0.163 e. The monoisotopic (exact) mass is 285 g/mol. The van der Waals surface area contributed by atoms with Crippen LogP contribution in [0.1, 0.15) is 28.4 Å². The standard InChI is InChI=1S/C16H12ClNO2/c1-10-3-6-14(17)16(7-10)20-15-8-12(9-18)4-5-13(15)11(2)19/h3-8H,1-2H3. The van der Waals surface area contributed by atoms with E-state index in [1.54, 1.807) is 24.3 Å². The van der Waals surface area contributed by atoms with E-state index in [2.05, 4.69) is 0 Å². The summed E-state index contributed by atoms with van der Waals surface area (Å²) in [6, 6.07) is 12.1. The van der Waals surface area contributed by atoms with Gasteiger partial charge in [-0.25, -0.2) is 0 Å². The first-order valence-corrected chi connectivity index (χ1v) is 6.38. The summed E-state index contributed by atoms with van der Waals surface area (Å²) in [6.45, 7) is 3.37. The summed E-state index contributed by atoms with van der Waals surface area (Å²) in [6.07, 6.45) is 0. The topological polar surface area (TPSA) is 50.1 Å². The summed E-state index contributed by atoms with van der Waals surface area (Å²) >= 11 is 6.08. The van der Waals surface area contributed by atoms with E-state index in [-0.39, 0.29) is 5.78 Å². The Balaban J connectivity index is 2.49. The van der Waals surface area contributed by atoms with E-state index in [9.17, 15) is 4.79 Å². The molecule has 0 spiro atoms. The van der Waals surface area contributed by atoms with Crippen molar-refractivity contribution in [2.24, 2.45) is 0 Å². The van der Waals surface area contributed by atoms with Gasteiger partial charge in [0.2, 0.25) is 0 Å². The molecule has 0 amide bonds. The number of Topliss-reactive ketones (excluding diaryl/α,β-unsaturated/α-hetero) is 1. The molecule has 0 N–H and O–H groups in total. The summed E-state index contributed by atoms with van der Waals surface area (Å²) in [7, 11) is 0. The molecule has 0 aromatic heterocycles. The van der Waals surface area contributed by atoms with Gasteiger partial charge in [-0.05, 0) is 49.7 Å². The maximum atomic E-state index is 11.6. The number of benzene rings is 2. The van der Waals surface area contributed by atoms with Crippen molar-refractivity contribution in [1.29, 1.82) is 5.26 Å². The van der Waals surface area contributed by atoms with Crippen LogP contribution in [-0.2, 0) is 0 Å². The largest absolute Gasteiger partial charge is 0.455 e. The van der Waals surface area contributed by atoms with Crippen molar-refractivity contribution in [3.63, 3.8) is 0 Å². The van der Waals surface area contributed by atoms with Crippen LogP contribution in [0.15, 0.2) is 36.4 Å². The highest BCUT2D eigenvalue weighted by atomic mass is 35.5. The lowest BCUT2D eigenvalue weighted by Gasteiger charge is -2.11. The first kappa shape index (κ1) is 14.1. The van der Waals surface area contributed by atoms with Crippen LogP contribution in [0, 0.1) is 18.3 Å². The third kappa shape index (κ3) is 2.98. The van der Waals surface area contributed by atoms with Gasteiger partial charge >= 0.3 is 0 Å². The van der Waals surface area contributed by atoms with Crippen molar-refractivity contribution in [1.82, 2.24) is 0 Å². The van der Waals surface area contributed by atoms with Gasteiger partial charge in [-0.15, -0.1) is 0 Å². The van der Waals surface area contributed by atoms with Crippen molar-refractivity contribution in [2.45, 2.75) is 13.8 Å². The number of nitrogens with zero attached hydrogens (tertiary/aromatic N) is 1. The predicted octanol–water partition coefficient (Wildman–Crippen LogP) is 4.52. The first-order valence-electron chi connectivity index (χ1n) is 6.00. The van der Waals surface area contributed by atoms with E-state index in [1.807, 2.05) is 19.1 Å². The molecule has 0 fully saturated rings. The minimum absolute atomic E-state index is 0.131. The number of carbonyl (C=O) groups excluding carboxylic acids is 1. The highest BCUT2D eigenvalue weighted by Gasteiger charge is 2.12. The molecule has 2 rings (SSSR count). The molecule has 0 atom stereocenters. The molecule has 0 unspecified atom stereocenters. The maximum Gasteiger partial charge on any atom is 0.163 e. The van der Waals surface area contributed by atoms with Gasteiger partial charge in [0.15, 0.2) is 5.78 Å². The number of rotatable bonds is 3. The van der Waals surface area contributed by atoms with Gasteiger partial charge in [0.05, 0.1) is 22.2 Å². The lowest BCUT2D eigenvalue weighted by Crippen LogP contribution is -1.98. The van der Waals surface area contributed by atoms with Gasteiger partial charge in [0.1, 0.15) is 11.5 Å². The molecule has 2 aromatic carbocycles. The third-order valence-corrected chi connectivity index (χ3v) is 3.11. The van der Waals surface area contributed by atoms with E-state index >= 15 is 0 Å². The van der Waals surface area contributed by atoms with Crippen molar-refractivity contribution in [2.75, 3.05) is 0 Å². The summed E-state index contributed by atoms with van der Waals surface area (Å²) in [5, 5.41) is 9.39. The molecule has 0 aliphatic carbocycles. The molecule has 0 radical (unpaired) electrons. The fourth-order valence-corrected chi connectivity index (χ4v) is 1.93. The Bertz CT molecular complexity index is 717. The van der Waals surface area contributed by atoms with E-state index in [1.165, 1.54) is 13.0 Å². The predicted molar refractivity (Wildman–Crippen MR) is 77.4 cm³/mol. The Kier molecular flexibility index (Phi) is 4.07. The number of hydrogen-bond acceptors (Lipinski definition) is 3. The maximum absolute atomic E-state index is 11.6. The molecule has 0 heterocycles. The second-order valence-corrected chi connectivity index (χ2v) is 4.82. The van der Waals surface area contributed by atoms with E-state index in [0.29, 0.717) is 27.6 Å². The number of carbonyl (C=O) groups is 1. The zero-order valence-electron chi connectivity index (χ0n) is 11.1. The van der Waals surface area contributed by atoms with Crippen LogP contribution >= 0.6 is 11.6 Å². The van der Waals surface area contributed by atoms with Crippen LogP contribution in [-0.4, -0.2) is 5.78 Å². The molecule has 100 valence electrons. The molecule has 0 aliphatic heterocycles. The molecule has 20 heavy (non-hydrogen) atoms. The summed E-state index contributed by atoms with van der Waals surface area (Å²) in [5.74, 6) is 0.668. The Morgan fingerprint density at radius 3 is 2.60 bits per heavy atom. The molecular weight excluding hydrogens is 274 g/mol. The molecule has 4 heteroatoms. The number of ketones is 1. The van der Waals surface area contributed by atoms with Gasteiger partial charge in [0, 0.05) is 0 Å². The molecule has 0 saturated carbocycles. The minimum Gasteiger partial charge on any atom is -0.455 e. The summed E-state index contributed by atoms with van der Waals surface area (Å²) in [4.78, 5) is 11.6. The third-order valence-electron chi connectivity index (χ3n) is 2.80. The van der Waals surface area contributed by atoms with Crippen molar-refractivity contribution in [3.05, 3.63) is 58.1 Å². The fourth-order valence-electron chi connectivity index (χ4n) is 1.77. The van der Waals surface area contributed by atoms with Crippen LogP contribution in [0.2, 0.25) is 5.02 Å². The number of hydrogen-bond donors (Lipinski definition) is 0. The molecule has 0 aliphatic rings. The van der Waals surface area contributed by atoms with Crippen LogP contribution in [0.4, 0.5) is 0 Å². The van der Waals surface area contributed by atoms with Crippen LogP contribution in [0.25, 0.3) is 0 Å². The lowest BCUT2D eigenvalue weighted by molar-refractivity contribution is 0.101. The number of halogens is 1. The Labute approximate surface area is 122 Å². The zero-order chi connectivity index (χ0) is 14.7. The van der Waals surface area contributed by atoms with Crippen molar-refractivity contribution >= 4 is 17.4 Å². The van der Waals surface area contributed by atoms with Gasteiger partial charge in [-0.1, -0.05) is 17.7 Å². The Morgan fingerprint density at radius 1 is 1.20 bits per heavy atom. The SMILES string of the molecule is CC(=O)c1ccc(C#N)cc1Oc1cc(C)ccc1Cl. The Morgan fingerprint density at radius 2 is 1.95 bits per heavy atom. The molecular formula is C16H12ClNO2. The number of nitriles is 1. The average Bonchev–Trinajstić information content (AvgIpc) is 2.42. The zero-order valence-corrected chi connectivity index (χ0v) is 11.9. The molecule has 0 saturated heterocycles. The highest BCUT2D eigenvalue weighted by Crippen LogP contribution is 2.32. The summed E-state index contributed by atoms with van der Waals surface area (Å²) < 4.78 is 5.72. The quantitative estimate of drug-likeness (QED) is 0.779. The normalized spacial score (nSPS) is 9.90. The van der Waals surface area contributed by atoms with Crippen LogP contribution < -0.4 is 4.74 Å². The van der Waals surface area contributed by atoms with Crippen LogP contribution in [0.3, 0.4) is 0 Å². The second-order valence-electron chi connectivity index (χ2n) is 4.41. The van der Waals surface area contributed by atoms with Gasteiger partial charge in [-0.3, -0.25) is 4.79 Å².